The highest BCUT2D eigenvalue weighted by atomic mass is 16.5. The quantitative estimate of drug-likeness (QED) is 0.892. The molecule has 0 aliphatic heterocycles. The molecule has 0 radical (unpaired) electrons. The smallest absolute Gasteiger partial charge is 0.225 e. The summed E-state index contributed by atoms with van der Waals surface area (Å²) < 4.78 is 6.89. The van der Waals surface area contributed by atoms with Crippen LogP contribution in [-0.4, -0.2) is 22.8 Å². The Labute approximate surface area is 131 Å². The number of aryl methyl sites for hydroxylation is 2. The van der Waals surface area contributed by atoms with Crippen LogP contribution in [0.3, 0.4) is 0 Å². The lowest BCUT2D eigenvalue weighted by molar-refractivity contribution is -0.116. The van der Waals surface area contributed by atoms with Crippen molar-refractivity contribution in [2.45, 2.75) is 32.6 Å². The second kappa shape index (κ2) is 7.11. The first kappa shape index (κ1) is 16.1. The van der Waals surface area contributed by atoms with Crippen molar-refractivity contribution in [3.8, 4) is 5.75 Å². The van der Waals surface area contributed by atoms with Crippen LogP contribution in [0.4, 0.5) is 5.82 Å². The summed E-state index contributed by atoms with van der Waals surface area (Å²) in [7, 11) is 3.48. The highest BCUT2D eigenvalue weighted by Crippen LogP contribution is 2.18. The first-order valence-electron chi connectivity index (χ1n) is 7.46. The second-order valence-electron chi connectivity index (χ2n) is 5.63. The van der Waals surface area contributed by atoms with E-state index in [1.807, 2.05) is 37.4 Å². The molecular formula is C17H23N3O2. The Hall–Kier alpha value is -2.30. The van der Waals surface area contributed by atoms with Crippen LogP contribution < -0.4 is 10.1 Å². The first-order valence-corrected chi connectivity index (χ1v) is 7.46. The van der Waals surface area contributed by atoms with E-state index in [4.69, 9.17) is 4.74 Å². The van der Waals surface area contributed by atoms with Crippen LogP contribution in [0.1, 0.15) is 37.4 Å². The average molecular weight is 301 g/mol. The number of methoxy groups -OCH3 is 1. The van der Waals surface area contributed by atoms with Crippen molar-refractivity contribution >= 4 is 11.7 Å². The third-order valence-corrected chi connectivity index (χ3v) is 3.53. The Morgan fingerprint density at radius 3 is 2.77 bits per heavy atom. The van der Waals surface area contributed by atoms with Crippen molar-refractivity contribution in [3.63, 3.8) is 0 Å². The molecule has 2 aromatic rings. The van der Waals surface area contributed by atoms with E-state index in [1.165, 1.54) is 0 Å². The lowest BCUT2D eigenvalue weighted by Crippen LogP contribution is -2.14. The molecule has 0 fully saturated rings. The van der Waals surface area contributed by atoms with Crippen LogP contribution in [-0.2, 0) is 18.3 Å². The van der Waals surface area contributed by atoms with Crippen LogP contribution in [0.25, 0.3) is 0 Å². The van der Waals surface area contributed by atoms with Gasteiger partial charge in [0.2, 0.25) is 5.91 Å². The summed E-state index contributed by atoms with van der Waals surface area (Å²) in [5, 5.41) is 7.30. The Morgan fingerprint density at radius 1 is 1.36 bits per heavy atom. The van der Waals surface area contributed by atoms with Gasteiger partial charge < -0.3 is 10.1 Å². The molecule has 118 valence electrons. The van der Waals surface area contributed by atoms with Gasteiger partial charge >= 0.3 is 0 Å². The van der Waals surface area contributed by atoms with E-state index in [9.17, 15) is 4.79 Å². The highest BCUT2D eigenvalue weighted by molar-refractivity contribution is 5.90. The molecule has 0 aliphatic rings. The number of nitrogens with zero attached hydrogens (tertiary/aromatic N) is 2. The summed E-state index contributed by atoms with van der Waals surface area (Å²) in [5.74, 6) is 1.88. The molecule has 0 aliphatic carbocycles. The molecule has 0 unspecified atom stereocenters. The molecule has 0 spiro atoms. The second-order valence-corrected chi connectivity index (χ2v) is 5.63. The lowest BCUT2D eigenvalue weighted by atomic mass is 10.1. The molecule has 2 rings (SSSR count). The molecule has 0 saturated heterocycles. The summed E-state index contributed by atoms with van der Waals surface area (Å²) >= 11 is 0. The summed E-state index contributed by atoms with van der Waals surface area (Å²) in [5.41, 5.74) is 2.06. The molecule has 22 heavy (non-hydrogen) atoms. The summed E-state index contributed by atoms with van der Waals surface area (Å²) in [6, 6.07) is 9.70. The van der Waals surface area contributed by atoms with E-state index < -0.39 is 0 Å². The predicted molar refractivity (Wildman–Crippen MR) is 87.2 cm³/mol. The van der Waals surface area contributed by atoms with Crippen molar-refractivity contribution in [3.05, 3.63) is 41.6 Å². The third kappa shape index (κ3) is 4.10. The number of carbonyl (C=O) groups is 1. The number of hydrogen-bond acceptors (Lipinski definition) is 3. The Morgan fingerprint density at radius 2 is 2.14 bits per heavy atom. The zero-order valence-corrected chi connectivity index (χ0v) is 13.6. The minimum absolute atomic E-state index is 0.0128. The number of nitrogens with one attached hydrogen (secondary N) is 1. The van der Waals surface area contributed by atoms with Gasteiger partial charge in [-0.05, 0) is 30.0 Å². The maximum atomic E-state index is 12.1. The van der Waals surface area contributed by atoms with Crippen molar-refractivity contribution in [2.75, 3.05) is 12.4 Å². The summed E-state index contributed by atoms with van der Waals surface area (Å²) in [4.78, 5) is 12.1. The van der Waals surface area contributed by atoms with Gasteiger partial charge in [0.15, 0.2) is 0 Å². The largest absolute Gasteiger partial charge is 0.497 e. The number of ether oxygens (including phenoxy) is 1. The molecule has 1 N–H and O–H groups in total. The lowest BCUT2D eigenvalue weighted by Gasteiger charge is -2.06. The topological polar surface area (TPSA) is 56.1 Å². The number of benzene rings is 1. The van der Waals surface area contributed by atoms with E-state index in [2.05, 4.69) is 24.3 Å². The van der Waals surface area contributed by atoms with Crippen LogP contribution in [0.15, 0.2) is 30.3 Å². The maximum absolute atomic E-state index is 12.1. The van der Waals surface area contributed by atoms with Crippen molar-refractivity contribution in [2.24, 2.45) is 7.05 Å². The van der Waals surface area contributed by atoms with Gasteiger partial charge in [-0.25, -0.2) is 0 Å². The SMILES string of the molecule is COc1cccc(CCC(=O)Nc2cc(C(C)C)nn2C)c1. The van der Waals surface area contributed by atoms with Crippen LogP contribution in [0.5, 0.6) is 5.75 Å². The minimum Gasteiger partial charge on any atom is -0.497 e. The Kier molecular flexibility index (Phi) is 5.20. The fourth-order valence-corrected chi connectivity index (χ4v) is 2.18. The normalized spacial score (nSPS) is 10.8. The van der Waals surface area contributed by atoms with Gasteiger partial charge in [-0.3, -0.25) is 9.48 Å². The summed E-state index contributed by atoms with van der Waals surface area (Å²) in [6.45, 7) is 4.16. The van der Waals surface area contributed by atoms with Crippen LogP contribution >= 0.6 is 0 Å². The average Bonchev–Trinajstić information content (AvgIpc) is 2.87. The monoisotopic (exact) mass is 301 g/mol. The first-order chi connectivity index (χ1) is 10.5. The number of carbonyl (C=O) groups excluding carboxylic acids is 1. The van der Waals surface area contributed by atoms with E-state index in [0.29, 0.717) is 18.8 Å². The van der Waals surface area contributed by atoms with Gasteiger partial charge in [-0.2, -0.15) is 5.10 Å². The molecule has 0 saturated carbocycles. The van der Waals surface area contributed by atoms with Crippen LogP contribution in [0, 0.1) is 0 Å². The summed E-state index contributed by atoms with van der Waals surface area (Å²) in [6.07, 6.45) is 1.10. The Balaban J connectivity index is 1.92. The van der Waals surface area contributed by atoms with Crippen molar-refractivity contribution < 1.29 is 9.53 Å². The number of anilines is 1. The molecular weight excluding hydrogens is 278 g/mol. The molecule has 0 bridgehead atoms. The standard InChI is InChI=1S/C17H23N3O2/c1-12(2)15-11-16(20(3)19-15)18-17(21)9-8-13-6-5-7-14(10-13)22-4/h5-7,10-12H,8-9H2,1-4H3,(H,18,21). The fourth-order valence-electron chi connectivity index (χ4n) is 2.18. The van der Waals surface area contributed by atoms with Crippen LogP contribution in [0.2, 0.25) is 0 Å². The van der Waals surface area contributed by atoms with Gasteiger partial charge in [0.25, 0.3) is 0 Å². The molecule has 0 atom stereocenters. The number of rotatable bonds is 6. The van der Waals surface area contributed by atoms with Crippen molar-refractivity contribution in [1.82, 2.24) is 9.78 Å². The van der Waals surface area contributed by atoms with E-state index >= 15 is 0 Å². The van der Waals surface area contributed by atoms with Gasteiger partial charge in [0.1, 0.15) is 11.6 Å². The Bertz CT molecular complexity index is 647. The molecule has 5 nitrogen and oxygen atoms in total. The maximum Gasteiger partial charge on any atom is 0.225 e. The minimum atomic E-state index is -0.0128. The predicted octanol–water partition coefficient (Wildman–Crippen LogP) is 3.12. The van der Waals surface area contributed by atoms with E-state index in [0.717, 1.165) is 22.8 Å². The fraction of sp³-hybridized carbons (Fsp3) is 0.412. The van der Waals surface area contributed by atoms with Crippen molar-refractivity contribution in [1.29, 1.82) is 0 Å². The highest BCUT2D eigenvalue weighted by Gasteiger charge is 2.11. The van der Waals surface area contributed by atoms with E-state index in [1.54, 1.807) is 11.8 Å². The zero-order valence-electron chi connectivity index (χ0n) is 13.6. The van der Waals surface area contributed by atoms with Gasteiger partial charge in [0.05, 0.1) is 12.8 Å². The van der Waals surface area contributed by atoms with Gasteiger partial charge in [-0.15, -0.1) is 0 Å². The molecule has 1 aromatic heterocycles. The van der Waals surface area contributed by atoms with Gasteiger partial charge in [0, 0.05) is 19.5 Å². The molecule has 1 heterocycles. The number of aromatic nitrogens is 2. The molecule has 1 aromatic carbocycles. The zero-order chi connectivity index (χ0) is 16.1. The van der Waals surface area contributed by atoms with Gasteiger partial charge in [-0.1, -0.05) is 26.0 Å². The number of amides is 1. The third-order valence-electron chi connectivity index (χ3n) is 3.53. The molecule has 1 amide bonds. The molecule has 5 heteroatoms. The number of hydrogen-bond donors (Lipinski definition) is 1. The van der Waals surface area contributed by atoms with E-state index in [-0.39, 0.29) is 5.91 Å².